The Morgan fingerprint density at radius 2 is 2.00 bits per heavy atom. The van der Waals surface area contributed by atoms with Crippen LogP contribution in [-0.2, 0) is 4.74 Å². The Morgan fingerprint density at radius 3 is 2.60 bits per heavy atom. The first-order valence-electron chi connectivity index (χ1n) is 6.95. The SMILES string of the molecule is CCCC(C)COCCOc1ccc(/C(N)=N/O)cc1. The van der Waals surface area contributed by atoms with Gasteiger partial charge in [-0.1, -0.05) is 25.4 Å². The second kappa shape index (κ2) is 9.20. The van der Waals surface area contributed by atoms with Crippen molar-refractivity contribution in [2.75, 3.05) is 19.8 Å². The van der Waals surface area contributed by atoms with Crippen LogP contribution >= 0.6 is 0 Å². The maximum Gasteiger partial charge on any atom is 0.170 e. The molecule has 0 saturated heterocycles. The van der Waals surface area contributed by atoms with Crippen molar-refractivity contribution < 1.29 is 14.7 Å². The van der Waals surface area contributed by atoms with Crippen LogP contribution in [0.4, 0.5) is 0 Å². The van der Waals surface area contributed by atoms with E-state index in [1.807, 2.05) is 0 Å². The standard InChI is InChI=1S/C15H24N2O3/c1-3-4-12(2)11-19-9-10-20-14-7-5-13(6-8-14)15(16)17-18/h5-8,12,18H,3-4,9-11H2,1-2H3,(H2,16,17). The van der Waals surface area contributed by atoms with E-state index in [0.717, 1.165) is 12.4 Å². The molecular formula is C15H24N2O3. The van der Waals surface area contributed by atoms with Crippen LogP contribution in [0, 0.1) is 5.92 Å². The summed E-state index contributed by atoms with van der Waals surface area (Å²) in [5.74, 6) is 1.43. The van der Waals surface area contributed by atoms with Gasteiger partial charge in [-0.2, -0.15) is 0 Å². The molecule has 5 nitrogen and oxygen atoms in total. The average molecular weight is 280 g/mol. The third-order valence-corrected chi connectivity index (χ3v) is 2.94. The molecular weight excluding hydrogens is 256 g/mol. The fourth-order valence-electron chi connectivity index (χ4n) is 1.86. The number of oxime groups is 1. The smallest absolute Gasteiger partial charge is 0.170 e. The zero-order chi connectivity index (χ0) is 14.8. The second-order valence-electron chi connectivity index (χ2n) is 4.83. The van der Waals surface area contributed by atoms with Gasteiger partial charge in [0.05, 0.1) is 6.61 Å². The average Bonchev–Trinajstić information content (AvgIpc) is 2.47. The minimum Gasteiger partial charge on any atom is -0.491 e. The molecule has 1 aromatic carbocycles. The Bertz CT molecular complexity index is 404. The Kier molecular flexibility index (Phi) is 7.50. The highest BCUT2D eigenvalue weighted by Crippen LogP contribution is 2.12. The van der Waals surface area contributed by atoms with Crippen molar-refractivity contribution in [3.63, 3.8) is 0 Å². The van der Waals surface area contributed by atoms with Gasteiger partial charge >= 0.3 is 0 Å². The number of hydrogen-bond donors (Lipinski definition) is 2. The maximum absolute atomic E-state index is 8.56. The molecule has 0 radical (unpaired) electrons. The number of ether oxygens (including phenoxy) is 2. The molecule has 5 heteroatoms. The number of benzene rings is 1. The molecule has 0 bridgehead atoms. The molecule has 0 aliphatic heterocycles. The van der Waals surface area contributed by atoms with Gasteiger partial charge in [0, 0.05) is 12.2 Å². The lowest BCUT2D eigenvalue weighted by molar-refractivity contribution is 0.0758. The van der Waals surface area contributed by atoms with Gasteiger partial charge in [0.15, 0.2) is 5.84 Å². The summed E-state index contributed by atoms with van der Waals surface area (Å²) in [7, 11) is 0. The van der Waals surface area contributed by atoms with Gasteiger partial charge in [-0.3, -0.25) is 0 Å². The zero-order valence-corrected chi connectivity index (χ0v) is 12.2. The first-order chi connectivity index (χ1) is 9.67. The molecule has 0 saturated carbocycles. The minimum absolute atomic E-state index is 0.0878. The Morgan fingerprint density at radius 1 is 1.30 bits per heavy atom. The van der Waals surface area contributed by atoms with Gasteiger partial charge in [-0.25, -0.2) is 0 Å². The monoisotopic (exact) mass is 280 g/mol. The Balaban J connectivity index is 2.22. The number of hydrogen-bond acceptors (Lipinski definition) is 4. The Hall–Kier alpha value is -1.75. The molecule has 1 aromatic rings. The minimum atomic E-state index is 0.0878. The van der Waals surface area contributed by atoms with E-state index in [4.69, 9.17) is 20.4 Å². The summed E-state index contributed by atoms with van der Waals surface area (Å²) in [4.78, 5) is 0. The molecule has 3 N–H and O–H groups in total. The van der Waals surface area contributed by atoms with Gasteiger partial charge < -0.3 is 20.4 Å². The molecule has 0 spiro atoms. The van der Waals surface area contributed by atoms with Gasteiger partial charge in [-0.05, 0) is 36.6 Å². The summed E-state index contributed by atoms with van der Waals surface area (Å²) >= 11 is 0. The van der Waals surface area contributed by atoms with E-state index in [0.29, 0.717) is 24.7 Å². The molecule has 1 unspecified atom stereocenters. The summed E-state index contributed by atoms with van der Waals surface area (Å²) in [6.07, 6.45) is 2.38. The quantitative estimate of drug-likeness (QED) is 0.240. The van der Waals surface area contributed by atoms with Crippen LogP contribution in [0.5, 0.6) is 5.75 Å². The molecule has 0 heterocycles. The molecule has 1 atom stereocenters. The largest absolute Gasteiger partial charge is 0.491 e. The van der Waals surface area contributed by atoms with E-state index in [9.17, 15) is 0 Å². The van der Waals surface area contributed by atoms with Crippen molar-refractivity contribution in [1.29, 1.82) is 0 Å². The molecule has 0 aromatic heterocycles. The van der Waals surface area contributed by atoms with Crippen LogP contribution in [0.25, 0.3) is 0 Å². The summed E-state index contributed by atoms with van der Waals surface area (Å²) < 4.78 is 11.1. The first-order valence-corrected chi connectivity index (χ1v) is 6.95. The van der Waals surface area contributed by atoms with Crippen LogP contribution in [-0.4, -0.2) is 30.9 Å². The summed E-state index contributed by atoms with van der Waals surface area (Å²) in [6, 6.07) is 7.06. The first kappa shape index (κ1) is 16.3. The van der Waals surface area contributed by atoms with Crippen LogP contribution < -0.4 is 10.5 Å². The van der Waals surface area contributed by atoms with Crippen LogP contribution in [0.3, 0.4) is 0 Å². The predicted octanol–water partition coefficient (Wildman–Crippen LogP) is 2.61. The van der Waals surface area contributed by atoms with Crippen molar-refractivity contribution in [2.45, 2.75) is 26.7 Å². The summed E-state index contributed by atoms with van der Waals surface area (Å²) in [5.41, 5.74) is 6.13. The molecule has 20 heavy (non-hydrogen) atoms. The third kappa shape index (κ3) is 5.93. The van der Waals surface area contributed by atoms with Crippen molar-refractivity contribution in [2.24, 2.45) is 16.8 Å². The number of nitrogens with zero attached hydrogens (tertiary/aromatic N) is 1. The highest BCUT2D eigenvalue weighted by Gasteiger charge is 2.01. The maximum atomic E-state index is 8.56. The van der Waals surface area contributed by atoms with Crippen molar-refractivity contribution in [1.82, 2.24) is 0 Å². The molecule has 0 amide bonds. The summed E-state index contributed by atoms with van der Waals surface area (Å²) in [6.45, 7) is 6.24. The van der Waals surface area contributed by atoms with Crippen molar-refractivity contribution in [3.05, 3.63) is 29.8 Å². The predicted molar refractivity (Wildman–Crippen MR) is 79.3 cm³/mol. The van der Waals surface area contributed by atoms with Gasteiger partial charge in [-0.15, -0.1) is 0 Å². The highest BCUT2D eigenvalue weighted by atomic mass is 16.5. The van der Waals surface area contributed by atoms with Crippen molar-refractivity contribution >= 4 is 5.84 Å². The van der Waals surface area contributed by atoms with E-state index in [-0.39, 0.29) is 5.84 Å². The molecule has 0 aliphatic rings. The number of nitrogens with two attached hydrogens (primary N) is 1. The van der Waals surface area contributed by atoms with E-state index in [2.05, 4.69) is 19.0 Å². The van der Waals surface area contributed by atoms with Crippen LogP contribution in [0.15, 0.2) is 29.4 Å². The van der Waals surface area contributed by atoms with E-state index in [1.54, 1.807) is 24.3 Å². The van der Waals surface area contributed by atoms with Crippen LogP contribution in [0.2, 0.25) is 0 Å². The van der Waals surface area contributed by atoms with E-state index in [1.165, 1.54) is 12.8 Å². The number of amidine groups is 1. The molecule has 0 fully saturated rings. The topological polar surface area (TPSA) is 77.1 Å². The lowest BCUT2D eigenvalue weighted by Crippen LogP contribution is -2.13. The Labute approximate surface area is 120 Å². The lowest BCUT2D eigenvalue weighted by Gasteiger charge is -2.11. The normalized spacial score (nSPS) is 13.2. The van der Waals surface area contributed by atoms with Gasteiger partial charge in [0.1, 0.15) is 12.4 Å². The zero-order valence-electron chi connectivity index (χ0n) is 12.2. The van der Waals surface area contributed by atoms with Gasteiger partial charge in [0.25, 0.3) is 0 Å². The lowest BCUT2D eigenvalue weighted by atomic mass is 10.1. The number of rotatable bonds is 9. The van der Waals surface area contributed by atoms with E-state index < -0.39 is 0 Å². The van der Waals surface area contributed by atoms with Crippen LogP contribution in [0.1, 0.15) is 32.3 Å². The van der Waals surface area contributed by atoms with Crippen molar-refractivity contribution in [3.8, 4) is 5.75 Å². The highest BCUT2D eigenvalue weighted by molar-refractivity contribution is 5.97. The summed E-state index contributed by atoms with van der Waals surface area (Å²) in [5, 5.41) is 11.5. The second-order valence-corrected chi connectivity index (χ2v) is 4.83. The third-order valence-electron chi connectivity index (χ3n) is 2.94. The molecule has 112 valence electrons. The fourth-order valence-corrected chi connectivity index (χ4v) is 1.86. The van der Waals surface area contributed by atoms with Gasteiger partial charge in [0.2, 0.25) is 0 Å². The van der Waals surface area contributed by atoms with E-state index >= 15 is 0 Å². The molecule has 1 rings (SSSR count). The fraction of sp³-hybridized carbons (Fsp3) is 0.533. The molecule has 0 aliphatic carbocycles.